The fourth-order valence-electron chi connectivity index (χ4n) is 1.83. The van der Waals surface area contributed by atoms with Gasteiger partial charge < -0.3 is 0 Å². The molecule has 0 fully saturated rings. The van der Waals surface area contributed by atoms with Crippen LogP contribution in [0.15, 0.2) is 55.2 Å². The summed E-state index contributed by atoms with van der Waals surface area (Å²) in [6.45, 7) is 0. The summed E-state index contributed by atoms with van der Waals surface area (Å²) in [5.41, 5.74) is 3.41. The average molecular weight is 283 g/mol. The number of amides is 1. The zero-order valence-corrected chi connectivity index (χ0v) is 10.8. The summed E-state index contributed by atoms with van der Waals surface area (Å²) < 4.78 is 14.7. The van der Waals surface area contributed by atoms with E-state index in [9.17, 15) is 9.18 Å². The van der Waals surface area contributed by atoms with Crippen molar-refractivity contribution in [2.45, 2.75) is 0 Å². The molecule has 0 saturated carbocycles. The molecule has 0 aliphatic carbocycles. The van der Waals surface area contributed by atoms with E-state index < -0.39 is 5.91 Å². The fourth-order valence-corrected chi connectivity index (χ4v) is 1.83. The summed E-state index contributed by atoms with van der Waals surface area (Å²) in [7, 11) is 0. The van der Waals surface area contributed by atoms with E-state index in [0.717, 1.165) is 0 Å². The molecule has 0 saturated heterocycles. The monoisotopic (exact) mass is 283 g/mol. The Morgan fingerprint density at radius 1 is 1.19 bits per heavy atom. The first kappa shape index (κ1) is 12.9. The molecule has 1 aromatic carbocycles. The minimum Gasteiger partial charge on any atom is -0.266 e. The Morgan fingerprint density at radius 2 is 2.10 bits per heavy atom. The van der Waals surface area contributed by atoms with Crippen LogP contribution in [-0.2, 0) is 0 Å². The smallest absolute Gasteiger partial charge is 0.266 e. The van der Waals surface area contributed by atoms with Crippen molar-refractivity contribution < 1.29 is 9.18 Å². The first-order valence-electron chi connectivity index (χ1n) is 6.11. The second kappa shape index (κ2) is 5.49. The zero-order valence-electron chi connectivity index (χ0n) is 10.8. The molecule has 0 bridgehead atoms. The molecule has 0 unspecified atom stereocenters. The van der Waals surface area contributed by atoms with E-state index >= 15 is 0 Å². The van der Waals surface area contributed by atoms with Crippen molar-refractivity contribution in [1.82, 2.24) is 19.6 Å². The van der Waals surface area contributed by atoms with Crippen LogP contribution in [0.2, 0.25) is 0 Å². The van der Waals surface area contributed by atoms with Crippen LogP contribution in [0.4, 0.5) is 4.39 Å². The topological polar surface area (TPSA) is 72.7 Å². The zero-order chi connectivity index (χ0) is 14.7. The lowest BCUT2D eigenvalue weighted by atomic mass is 10.2. The highest BCUT2D eigenvalue weighted by Crippen LogP contribution is 2.17. The van der Waals surface area contributed by atoms with Gasteiger partial charge in [0.15, 0.2) is 5.82 Å². The first-order chi connectivity index (χ1) is 10.2. The third-order valence-electron chi connectivity index (χ3n) is 2.76. The largest absolute Gasteiger partial charge is 0.288 e. The van der Waals surface area contributed by atoms with E-state index in [4.69, 9.17) is 0 Å². The molecule has 3 rings (SSSR count). The van der Waals surface area contributed by atoms with Gasteiger partial charge in [-0.25, -0.2) is 24.0 Å². The summed E-state index contributed by atoms with van der Waals surface area (Å²) >= 11 is 0. The molecule has 3 aromatic rings. The van der Waals surface area contributed by atoms with E-state index in [1.807, 2.05) is 0 Å². The van der Waals surface area contributed by atoms with Crippen LogP contribution in [0, 0.1) is 5.82 Å². The molecule has 0 spiro atoms. The molecule has 7 heteroatoms. The number of rotatable bonds is 3. The van der Waals surface area contributed by atoms with Crippen molar-refractivity contribution in [3.05, 3.63) is 66.8 Å². The summed E-state index contributed by atoms with van der Waals surface area (Å²) in [5.74, 6) is -0.353. The van der Waals surface area contributed by atoms with Crippen LogP contribution in [-0.4, -0.2) is 25.5 Å². The van der Waals surface area contributed by atoms with Crippen molar-refractivity contribution in [2.24, 2.45) is 0 Å². The van der Waals surface area contributed by atoms with Crippen LogP contribution in [0.1, 0.15) is 10.5 Å². The number of carbonyl (C=O) groups is 1. The van der Waals surface area contributed by atoms with E-state index in [1.165, 1.54) is 41.6 Å². The predicted octanol–water partition coefficient (Wildman–Crippen LogP) is 1.86. The second-order valence-corrected chi connectivity index (χ2v) is 4.17. The summed E-state index contributed by atoms with van der Waals surface area (Å²) in [4.78, 5) is 23.8. The van der Waals surface area contributed by atoms with Gasteiger partial charge in [0, 0.05) is 24.2 Å². The molecule has 1 N–H and O–H groups in total. The number of nitrogens with one attached hydrogen (secondary N) is 1. The lowest BCUT2D eigenvalue weighted by Gasteiger charge is -2.09. The molecule has 0 aliphatic heterocycles. The highest BCUT2D eigenvalue weighted by molar-refractivity contribution is 5.98. The minimum atomic E-state index is -0.409. The molecule has 21 heavy (non-hydrogen) atoms. The van der Waals surface area contributed by atoms with E-state index in [2.05, 4.69) is 20.4 Å². The molecule has 0 atom stereocenters. The van der Waals surface area contributed by atoms with Crippen LogP contribution >= 0.6 is 0 Å². The highest BCUT2D eigenvalue weighted by atomic mass is 19.1. The van der Waals surface area contributed by atoms with Gasteiger partial charge in [-0.2, -0.15) is 0 Å². The maximum atomic E-state index is 13.3. The van der Waals surface area contributed by atoms with E-state index in [1.54, 1.807) is 18.3 Å². The van der Waals surface area contributed by atoms with Gasteiger partial charge in [0.05, 0.1) is 0 Å². The molecule has 2 heterocycles. The third kappa shape index (κ3) is 2.76. The van der Waals surface area contributed by atoms with Crippen LogP contribution in [0.5, 0.6) is 0 Å². The number of nitrogens with zero attached hydrogens (tertiary/aromatic N) is 4. The van der Waals surface area contributed by atoms with Gasteiger partial charge in [0.2, 0.25) is 0 Å². The van der Waals surface area contributed by atoms with Gasteiger partial charge in [0.25, 0.3) is 5.91 Å². The van der Waals surface area contributed by atoms with Crippen molar-refractivity contribution in [3.63, 3.8) is 0 Å². The van der Waals surface area contributed by atoms with Gasteiger partial charge >= 0.3 is 0 Å². The second-order valence-electron chi connectivity index (χ2n) is 4.17. The van der Waals surface area contributed by atoms with Gasteiger partial charge in [0.1, 0.15) is 17.8 Å². The molecular weight excluding hydrogens is 273 g/mol. The van der Waals surface area contributed by atoms with Gasteiger partial charge in [-0.3, -0.25) is 10.2 Å². The summed E-state index contributed by atoms with van der Waals surface area (Å²) in [6, 6.07) is 7.47. The van der Waals surface area contributed by atoms with E-state index in [-0.39, 0.29) is 11.5 Å². The number of hydrogen-bond acceptors (Lipinski definition) is 4. The van der Waals surface area contributed by atoms with Crippen LogP contribution in [0.3, 0.4) is 0 Å². The first-order valence-corrected chi connectivity index (χ1v) is 6.11. The van der Waals surface area contributed by atoms with Crippen molar-refractivity contribution >= 4 is 5.91 Å². The quantitative estimate of drug-likeness (QED) is 0.796. The Balaban J connectivity index is 1.88. The number of benzene rings is 1. The lowest BCUT2D eigenvalue weighted by molar-refractivity contribution is 0.100. The Morgan fingerprint density at radius 3 is 2.86 bits per heavy atom. The number of aromatic nitrogens is 4. The Hall–Kier alpha value is -3.09. The standard InChI is InChI=1S/C14H10FN5O/c15-11-3-1-2-10(8-11)13-17-6-7-20(13)19-14(21)12-4-5-16-9-18-12/h1-9H,(H,19,21). The van der Waals surface area contributed by atoms with Gasteiger partial charge in [-0.15, -0.1) is 0 Å². The Bertz CT molecular complexity index is 772. The fraction of sp³-hybridized carbons (Fsp3) is 0. The highest BCUT2D eigenvalue weighted by Gasteiger charge is 2.11. The SMILES string of the molecule is O=C(Nn1ccnc1-c1cccc(F)c1)c1ccncn1. The van der Waals surface area contributed by atoms with Gasteiger partial charge in [-0.05, 0) is 18.2 Å². The molecule has 2 aromatic heterocycles. The molecule has 6 nitrogen and oxygen atoms in total. The average Bonchev–Trinajstić information content (AvgIpc) is 2.96. The molecule has 0 radical (unpaired) electrons. The number of imidazole rings is 1. The molecule has 104 valence electrons. The van der Waals surface area contributed by atoms with E-state index in [0.29, 0.717) is 11.4 Å². The van der Waals surface area contributed by atoms with Crippen molar-refractivity contribution in [1.29, 1.82) is 0 Å². The number of carbonyl (C=O) groups excluding carboxylic acids is 1. The Labute approximate surface area is 119 Å². The number of hydrogen-bond donors (Lipinski definition) is 1. The van der Waals surface area contributed by atoms with Crippen LogP contribution in [0.25, 0.3) is 11.4 Å². The van der Waals surface area contributed by atoms with Gasteiger partial charge in [-0.1, -0.05) is 12.1 Å². The predicted molar refractivity (Wildman–Crippen MR) is 73.3 cm³/mol. The Kier molecular flexibility index (Phi) is 3.38. The molecule has 1 amide bonds. The number of halogens is 1. The van der Waals surface area contributed by atoms with Crippen molar-refractivity contribution in [2.75, 3.05) is 5.43 Å². The molecule has 0 aliphatic rings. The maximum Gasteiger partial charge on any atom is 0.288 e. The normalized spacial score (nSPS) is 10.3. The minimum absolute atomic E-state index is 0.226. The lowest BCUT2D eigenvalue weighted by Crippen LogP contribution is -2.23. The summed E-state index contributed by atoms with van der Waals surface area (Å²) in [5, 5.41) is 0. The van der Waals surface area contributed by atoms with Crippen LogP contribution < -0.4 is 5.43 Å². The third-order valence-corrected chi connectivity index (χ3v) is 2.76. The van der Waals surface area contributed by atoms with Crippen molar-refractivity contribution in [3.8, 4) is 11.4 Å². The molecular formula is C14H10FN5O. The maximum absolute atomic E-state index is 13.3. The summed E-state index contributed by atoms with van der Waals surface area (Å²) in [6.07, 6.45) is 5.85.